The van der Waals surface area contributed by atoms with Crippen molar-refractivity contribution in [2.75, 3.05) is 19.6 Å². The van der Waals surface area contributed by atoms with Crippen molar-refractivity contribution in [3.05, 3.63) is 61.2 Å². The summed E-state index contributed by atoms with van der Waals surface area (Å²) in [5, 5.41) is 3.14. The Morgan fingerprint density at radius 1 is 1.17 bits per heavy atom. The molecule has 0 atom stereocenters. The van der Waals surface area contributed by atoms with Gasteiger partial charge in [0.2, 0.25) is 5.91 Å². The molecule has 0 spiro atoms. The van der Waals surface area contributed by atoms with E-state index in [0.717, 1.165) is 0 Å². The summed E-state index contributed by atoms with van der Waals surface area (Å²) in [5.41, 5.74) is 1.17. The molecule has 0 aromatic heterocycles. The molecule has 0 aliphatic carbocycles. The van der Waals surface area contributed by atoms with E-state index in [0.29, 0.717) is 26.2 Å². The summed E-state index contributed by atoms with van der Waals surface area (Å²) < 4.78 is 0. The van der Waals surface area contributed by atoms with Gasteiger partial charge in [-0.05, 0) is 5.56 Å². The molecule has 1 rings (SSSR count). The van der Waals surface area contributed by atoms with Gasteiger partial charge in [0, 0.05) is 19.6 Å². The highest BCUT2D eigenvalue weighted by molar-refractivity contribution is 5.78. The van der Waals surface area contributed by atoms with Crippen molar-refractivity contribution in [1.82, 2.24) is 10.2 Å². The zero-order valence-corrected chi connectivity index (χ0v) is 10.6. The molecule has 0 aliphatic heterocycles. The fourth-order valence-electron chi connectivity index (χ4n) is 1.61. The number of amides is 1. The third-order valence-corrected chi connectivity index (χ3v) is 2.50. The van der Waals surface area contributed by atoms with Crippen LogP contribution in [0, 0.1) is 0 Å². The number of nitrogens with one attached hydrogen (secondary N) is 1. The molecule has 1 N–H and O–H groups in total. The molecular formula is C15H20N2O. The average molecular weight is 244 g/mol. The Labute approximate surface area is 109 Å². The molecule has 0 fully saturated rings. The van der Waals surface area contributed by atoms with Crippen LogP contribution in [-0.2, 0) is 11.3 Å². The molecule has 1 amide bonds. The first-order valence-corrected chi connectivity index (χ1v) is 6.02. The van der Waals surface area contributed by atoms with Crippen LogP contribution in [0.4, 0.5) is 0 Å². The molecule has 0 heterocycles. The summed E-state index contributed by atoms with van der Waals surface area (Å²) >= 11 is 0. The normalized spacial score (nSPS) is 9.78. The maximum absolute atomic E-state index is 11.9. The van der Waals surface area contributed by atoms with Gasteiger partial charge in [0.25, 0.3) is 0 Å². The third-order valence-electron chi connectivity index (χ3n) is 2.50. The minimum Gasteiger partial charge on any atom is -0.334 e. The van der Waals surface area contributed by atoms with Crippen molar-refractivity contribution in [2.24, 2.45) is 0 Å². The molecular weight excluding hydrogens is 224 g/mol. The number of rotatable bonds is 8. The Kier molecular flexibility index (Phi) is 6.51. The molecule has 0 radical (unpaired) electrons. The van der Waals surface area contributed by atoms with Crippen LogP contribution in [0.2, 0.25) is 0 Å². The summed E-state index contributed by atoms with van der Waals surface area (Å²) in [6, 6.07) is 10.0. The van der Waals surface area contributed by atoms with E-state index in [1.54, 1.807) is 17.1 Å². The third kappa shape index (κ3) is 4.97. The van der Waals surface area contributed by atoms with Crippen LogP contribution >= 0.6 is 0 Å². The molecule has 0 aliphatic rings. The first kappa shape index (κ1) is 14.2. The lowest BCUT2D eigenvalue weighted by Crippen LogP contribution is -2.38. The molecule has 0 saturated carbocycles. The first-order chi connectivity index (χ1) is 8.77. The van der Waals surface area contributed by atoms with Gasteiger partial charge in [0.15, 0.2) is 0 Å². The molecule has 18 heavy (non-hydrogen) atoms. The number of carbonyl (C=O) groups is 1. The van der Waals surface area contributed by atoms with Gasteiger partial charge >= 0.3 is 0 Å². The van der Waals surface area contributed by atoms with Crippen LogP contribution in [0.5, 0.6) is 0 Å². The van der Waals surface area contributed by atoms with E-state index in [9.17, 15) is 4.79 Å². The Morgan fingerprint density at radius 3 is 2.33 bits per heavy atom. The quantitative estimate of drug-likeness (QED) is 0.709. The maximum Gasteiger partial charge on any atom is 0.237 e. The number of hydrogen-bond donors (Lipinski definition) is 1. The maximum atomic E-state index is 11.9. The Morgan fingerprint density at radius 2 is 1.78 bits per heavy atom. The van der Waals surface area contributed by atoms with Crippen molar-refractivity contribution in [1.29, 1.82) is 0 Å². The van der Waals surface area contributed by atoms with Crippen LogP contribution in [0.1, 0.15) is 5.56 Å². The smallest absolute Gasteiger partial charge is 0.237 e. The fourth-order valence-corrected chi connectivity index (χ4v) is 1.61. The van der Waals surface area contributed by atoms with Crippen LogP contribution in [0.25, 0.3) is 0 Å². The van der Waals surface area contributed by atoms with Gasteiger partial charge in [-0.2, -0.15) is 0 Å². The zero-order valence-electron chi connectivity index (χ0n) is 10.6. The van der Waals surface area contributed by atoms with Crippen molar-refractivity contribution in [2.45, 2.75) is 6.54 Å². The zero-order chi connectivity index (χ0) is 13.2. The molecule has 1 aromatic carbocycles. The summed E-state index contributed by atoms with van der Waals surface area (Å²) in [4.78, 5) is 13.6. The monoisotopic (exact) mass is 244 g/mol. The van der Waals surface area contributed by atoms with Gasteiger partial charge in [0.1, 0.15) is 0 Å². The highest BCUT2D eigenvalue weighted by Crippen LogP contribution is 1.97. The summed E-state index contributed by atoms with van der Waals surface area (Å²) in [7, 11) is 0. The van der Waals surface area contributed by atoms with E-state index in [1.165, 1.54) is 5.56 Å². The highest BCUT2D eigenvalue weighted by atomic mass is 16.2. The van der Waals surface area contributed by atoms with Gasteiger partial charge in [0.05, 0.1) is 6.54 Å². The topological polar surface area (TPSA) is 32.3 Å². The van der Waals surface area contributed by atoms with Gasteiger partial charge in [-0.25, -0.2) is 0 Å². The van der Waals surface area contributed by atoms with Crippen LogP contribution in [-0.4, -0.2) is 30.4 Å². The molecule has 3 nitrogen and oxygen atoms in total. The van der Waals surface area contributed by atoms with Crippen LogP contribution in [0.15, 0.2) is 55.6 Å². The van der Waals surface area contributed by atoms with Crippen molar-refractivity contribution in [3.8, 4) is 0 Å². The largest absolute Gasteiger partial charge is 0.334 e. The van der Waals surface area contributed by atoms with E-state index in [2.05, 4.69) is 18.5 Å². The van der Waals surface area contributed by atoms with Gasteiger partial charge in [-0.15, -0.1) is 13.2 Å². The van der Waals surface area contributed by atoms with E-state index >= 15 is 0 Å². The predicted octanol–water partition coefficient (Wildman–Crippen LogP) is 1.98. The number of carbonyl (C=O) groups excluding carboxylic acids is 1. The second-order valence-corrected chi connectivity index (χ2v) is 3.97. The van der Waals surface area contributed by atoms with Crippen LogP contribution in [0.3, 0.4) is 0 Å². The minimum atomic E-state index is 0.0609. The van der Waals surface area contributed by atoms with E-state index < -0.39 is 0 Å². The van der Waals surface area contributed by atoms with Crippen molar-refractivity contribution in [3.63, 3.8) is 0 Å². The van der Waals surface area contributed by atoms with E-state index in [4.69, 9.17) is 0 Å². The predicted molar refractivity (Wildman–Crippen MR) is 75.1 cm³/mol. The van der Waals surface area contributed by atoms with Gasteiger partial charge in [-0.1, -0.05) is 42.5 Å². The van der Waals surface area contributed by atoms with Gasteiger partial charge < -0.3 is 10.2 Å². The fraction of sp³-hybridized carbons (Fsp3) is 0.267. The summed E-state index contributed by atoms with van der Waals surface area (Å²) in [6.45, 7) is 9.42. The van der Waals surface area contributed by atoms with E-state index in [1.807, 2.05) is 30.3 Å². The summed E-state index contributed by atoms with van der Waals surface area (Å²) in [5.74, 6) is 0.0609. The van der Waals surface area contributed by atoms with Crippen molar-refractivity contribution < 1.29 is 4.79 Å². The molecule has 96 valence electrons. The van der Waals surface area contributed by atoms with E-state index in [-0.39, 0.29) is 5.91 Å². The van der Waals surface area contributed by atoms with Gasteiger partial charge in [-0.3, -0.25) is 4.79 Å². The lowest BCUT2D eigenvalue weighted by molar-refractivity contribution is -0.129. The van der Waals surface area contributed by atoms with Crippen molar-refractivity contribution >= 4 is 5.91 Å². The minimum absolute atomic E-state index is 0.0609. The van der Waals surface area contributed by atoms with Crippen LogP contribution < -0.4 is 5.32 Å². The lowest BCUT2D eigenvalue weighted by atomic mass is 10.2. The SMILES string of the molecule is C=CCN(CC=C)C(=O)CNCc1ccccc1. The molecule has 0 unspecified atom stereocenters. The Hall–Kier alpha value is -1.87. The Balaban J connectivity index is 2.35. The number of benzene rings is 1. The Bertz CT molecular complexity index is 377. The average Bonchev–Trinajstić information content (AvgIpc) is 2.39. The molecule has 3 heteroatoms. The number of nitrogens with zero attached hydrogens (tertiary/aromatic N) is 1. The molecule has 0 saturated heterocycles. The standard InChI is InChI=1S/C15H20N2O/c1-3-10-17(11-4-2)15(18)13-16-12-14-8-6-5-7-9-14/h3-9,16H,1-2,10-13H2. The molecule has 0 bridgehead atoms. The lowest BCUT2D eigenvalue weighted by Gasteiger charge is -2.19. The second kappa shape index (κ2) is 8.25. The second-order valence-electron chi connectivity index (χ2n) is 3.97. The summed E-state index contributed by atoms with van der Waals surface area (Å²) in [6.07, 6.45) is 3.44. The highest BCUT2D eigenvalue weighted by Gasteiger charge is 2.09. The molecule has 1 aromatic rings. The first-order valence-electron chi connectivity index (χ1n) is 6.02. The number of hydrogen-bond acceptors (Lipinski definition) is 2.